The molecule has 2 aromatic heterocycles. The number of anilines is 1. The fraction of sp³-hybridized carbons (Fsp3) is 0.261. The van der Waals surface area contributed by atoms with Gasteiger partial charge in [-0.2, -0.15) is 4.52 Å². The first-order valence-electron chi connectivity index (χ1n) is 10.3. The third kappa shape index (κ3) is 3.76. The highest BCUT2D eigenvalue weighted by Gasteiger charge is 2.20. The highest BCUT2D eigenvalue weighted by Crippen LogP contribution is 2.24. The molecule has 6 nitrogen and oxygen atoms in total. The summed E-state index contributed by atoms with van der Waals surface area (Å²) in [6.45, 7) is 3.16. The predicted molar refractivity (Wildman–Crippen MR) is 115 cm³/mol. The molecule has 0 amide bonds. The third-order valence-corrected chi connectivity index (χ3v) is 5.54. The average Bonchev–Trinajstić information content (AvgIpc) is 3.44. The molecule has 0 spiro atoms. The van der Waals surface area contributed by atoms with Gasteiger partial charge in [0.1, 0.15) is 11.6 Å². The van der Waals surface area contributed by atoms with Crippen molar-refractivity contribution in [2.45, 2.75) is 18.9 Å². The fourth-order valence-corrected chi connectivity index (χ4v) is 4.00. The topological polar surface area (TPSA) is 58.4 Å². The zero-order valence-electron chi connectivity index (χ0n) is 16.6. The van der Waals surface area contributed by atoms with Crippen LogP contribution in [0, 0.1) is 5.82 Å². The molecule has 5 rings (SSSR count). The zero-order chi connectivity index (χ0) is 20.3. The van der Waals surface area contributed by atoms with E-state index in [-0.39, 0.29) is 11.9 Å². The van der Waals surface area contributed by atoms with Gasteiger partial charge in [0.15, 0.2) is 11.5 Å². The quantitative estimate of drug-likeness (QED) is 0.524. The molecule has 0 aliphatic carbocycles. The summed E-state index contributed by atoms with van der Waals surface area (Å²) in [6, 6.07) is 20.8. The van der Waals surface area contributed by atoms with Crippen LogP contribution in [0.4, 0.5) is 10.2 Å². The normalized spacial score (nSPS) is 15.5. The van der Waals surface area contributed by atoms with Crippen molar-refractivity contribution in [1.82, 2.24) is 24.7 Å². The van der Waals surface area contributed by atoms with Crippen molar-refractivity contribution < 1.29 is 4.39 Å². The molecule has 1 N–H and O–H groups in total. The molecule has 1 aliphatic heterocycles. The monoisotopic (exact) mass is 402 g/mol. The molecule has 152 valence electrons. The Bertz CT molecular complexity index is 1140. The van der Waals surface area contributed by atoms with Gasteiger partial charge in [-0.25, -0.2) is 4.39 Å². The fourth-order valence-electron chi connectivity index (χ4n) is 4.00. The zero-order valence-corrected chi connectivity index (χ0v) is 16.6. The van der Waals surface area contributed by atoms with Gasteiger partial charge in [-0.3, -0.25) is 0 Å². The van der Waals surface area contributed by atoms with Crippen molar-refractivity contribution in [3.63, 3.8) is 0 Å². The molecule has 0 bridgehead atoms. The molecule has 3 heterocycles. The summed E-state index contributed by atoms with van der Waals surface area (Å²) in [5.41, 5.74) is 2.17. The lowest BCUT2D eigenvalue weighted by Gasteiger charge is -2.25. The Kier molecular flexibility index (Phi) is 5.11. The summed E-state index contributed by atoms with van der Waals surface area (Å²) in [4.78, 5) is 2.48. The van der Waals surface area contributed by atoms with Gasteiger partial charge in [-0.1, -0.05) is 42.5 Å². The molecule has 7 heteroatoms. The number of nitrogens with zero attached hydrogens (tertiary/aromatic N) is 5. The Hall–Kier alpha value is -3.32. The number of hydrogen-bond donors (Lipinski definition) is 1. The summed E-state index contributed by atoms with van der Waals surface area (Å²) in [7, 11) is 0. The van der Waals surface area contributed by atoms with Gasteiger partial charge < -0.3 is 10.2 Å². The number of likely N-dealkylation sites (tertiary alicyclic amines) is 1. The minimum Gasteiger partial charge on any atom is -0.361 e. The largest absolute Gasteiger partial charge is 0.361 e. The average molecular weight is 402 g/mol. The standard InChI is InChI=1S/C23H23FN6/c24-19-11-5-4-10-18(19)23-27-26-22-13-12-21(28-30(22)23)25-20(16-29-14-6-7-15-29)17-8-2-1-3-9-17/h1-5,8-13,20H,6-7,14-16H2,(H,25,28). The van der Waals surface area contributed by atoms with E-state index < -0.39 is 0 Å². The Balaban J connectivity index is 1.48. The van der Waals surface area contributed by atoms with Crippen LogP contribution in [0.2, 0.25) is 0 Å². The van der Waals surface area contributed by atoms with Gasteiger partial charge in [-0.15, -0.1) is 15.3 Å². The summed E-state index contributed by atoms with van der Waals surface area (Å²) < 4.78 is 15.9. The van der Waals surface area contributed by atoms with E-state index in [0.717, 1.165) is 19.6 Å². The van der Waals surface area contributed by atoms with Gasteiger partial charge in [0.2, 0.25) is 0 Å². The van der Waals surface area contributed by atoms with Gasteiger partial charge in [0.25, 0.3) is 0 Å². The van der Waals surface area contributed by atoms with Crippen molar-refractivity contribution >= 4 is 11.5 Å². The van der Waals surface area contributed by atoms with E-state index in [2.05, 4.69) is 49.8 Å². The van der Waals surface area contributed by atoms with E-state index in [1.165, 1.54) is 24.5 Å². The molecule has 4 aromatic rings. The van der Waals surface area contributed by atoms with Gasteiger partial charge >= 0.3 is 0 Å². The molecule has 1 saturated heterocycles. The van der Waals surface area contributed by atoms with Crippen LogP contribution in [-0.4, -0.2) is 44.3 Å². The van der Waals surface area contributed by atoms with Gasteiger partial charge in [0, 0.05) is 6.54 Å². The second kappa shape index (κ2) is 8.20. The van der Waals surface area contributed by atoms with Gasteiger partial charge in [-0.05, 0) is 55.8 Å². The number of halogens is 1. The second-order valence-electron chi connectivity index (χ2n) is 7.61. The first-order chi connectivity index (χ1) is 14.8. The molecular weight excluding hydrogens is 379 g/mol. The second-order valence-corrected chi connectivity index (χ2v) is 7.61. The lowest BCUT2D eigenvalue weighted by Crippen LogP contribution is -2.29. The first-order valence-corrected chi connectivity index (χ1v) is 10.3. The van der Waals surface area contributed by atoms with E-state index in [4.69, 9.17) is 0 Å². The number of rotatable bonds is 6. The number of fused-ring (bicyclic) bond motifs is 1. The van der Waals surface area contributed by atoms with Crippen molar-refractivity contribution in [3.05, 3.63) is 78.1 Å². The van der Waals surface area contributed by atoms with Crippen molar-refractivity contribution in [2.24, 2.45) is 0 Å². The van der Waals surface area contributed by atoms with E-state index in [0.29, 0.717) is 22.9 Å². The lowest BCUT2D eigenvalue weighted by molar-refractivity contribution is 0.323. The SMILES string of the molecule is Fc1ccccc1-c1nnc2ccc(NC(CN3CCCC3)c3ccccc3)nn12. The van der Waals surface area contributed by atoms with Gasteiger partial charge in [0.05, 0.1) is 11.6 Å². The maximum Gasteiger partial charge on any atom is 0.188 e. The smallest absolute Gasteiger partial charge is 0.188 e. The Morgan fingerprint density at radius 1 is 0.900 bits per heavy atom. The summed E-state index contributed by atoms with van der Waals surface area (Å²) >= 11 is 0. The minimum absolute atomic E-state index is 0.0997. The van der Waals surface area contributed by atoms with Crippen LogP contribution in [0.5, 0.6) is 0 Å². The molecule has 0 radical (unpaired) electrons. The summed E-state index contributed by atoms with van der Waals surface area (Å²) in [5, 5.41) is 16.6. The molecule has 1 unspecified atom stereocenters. The molecule has 0 saturated carbocycles. The van der Waals surface area contributed by atoms with Crippen molar-refractivity contribution in [2.75, 3.05) is 25.0 Å². The van der Waals surface area contributed by atoms with E-state index in [1.807, 2.05) is 18.2 Å². The Morgan fingerprint density at radius 3 is 2.47 bits per heavy atom. The highest BCUT2D eigenvalue weighted by molar-refractivity contribution is 5.60. The Morgan fingerprint density at radius 2 is 1.67 bits per heavy atom. The molecule has 2 aromatic carbocycles. The minimum atomic E-state index is -0.344. The third-order valence-electron chi connectivity index (χ3n) is 5.54. The van der Waals surface area contributed by atoms with Crippen molar-refractivity contribution in [3.8, 4) is 11.4 Å². The van der Waals surface area contributed by atoms with Crippen LogP contribution in [0.1, 0.15) is 24.4 Å². The number of hydrogen-bond acceptors (Lipinski definition) is 5. The van der Waals surface area contributed by atoms with Crippen LogP contribution in [-0.2, 0) is 0 Å². The van der Waals surface area contributed by atoms with Crippen LogP contribution in [0.15, 0.2) is 66.7 Å². The first kappa shape index (κ1) is 18.7. The predicted octanol–water partition coefficient (Wildman–Crippen LogP) is 4.18. The Labute approximate surface area is 174 Å². The van der Waals surface area contributed by atoms with E-state index in [1.54, 1.807) is 22.7 Å². The maximum absolute atomic E-state index is 14.3. The molecule has 1 fully saturated rings. The van der Waals surface area contributed by atoms with Crippen LogP contribution in [0.25, 0.3) is 17.0 Å². The lowest BCUT2D eigenvalue weighted by atomic mass is 10.1. The number of nitrogens with one attached hydrogen (secondary N) is 1. The summed E-state index contributed by atoms with van der Waals surface area (Å²) in [6.07, 6.45) is 2.50. The van der Waals surface area contributed by atoms with Crippen LogP contribution >= 0.6 is 0 Å². The molecule has 30 heavy (non-hydrogen) atoms. The number of aromatic nitrogens is 4. The van der Waals surface area contributed by atoms with Crippen LogP contribution in [0.3, 0.4) is 0 Å². The van der Waals surface area contributed by atoms with E-state index >= 15 is 0 Å². The van der Waals surface area contributed by atoms with E-state index in [9.17, 15) is 4.39 Å². The summed E-state index contributed by atoms with van der Waals surface area (Å²) in [5.74, 6) is 0.749. The number of benzene rings is 2. The maximum atomic E-state index is 14.3. The molecule has 1 atom stereocenters. The highest BCUT2D eigenvalue weighted by atomic mass is 19.1. The van der Waals surface area contributed by atoms with Crippen LogP contribution < -0.4 is 5.32 Å². The molecular formula is C23H23FN6. The molecule has 1 aliphatic rings. The van der Waals surface area contributed by atoms with Crippen molar-refractivity contribution in [1.29, 1.82) is 0 Å².